The van der Waals surface area contributed by atoms with Gasteiger partial charge in [-0.25, -0.2) is 0 Å². The molecule has 2 fully saturated rings. The maximum absolute atomic E-state index is 6.09. The average molecular weight is 198 g/mol. The molecule has 0 spiro atoms. The number of nitrogens with zero attached hydrogens (tertiary/aromatic N) is 1. The number of ether oxygens (including phenoxy) is 1. The summed E-state index contributed by atoms with van der Waals surface area (Å²) in [5.74, 6) is 1.43. The van der Waals surface area contributed by atoms with Gasteiger partial charge in [-0.1, -0.05) is 6.92 Å². The van der Waals surface area contributed by atoms with Gasteiger partial charge in [-0.15, -0.1) is 0 Å². The van der Waals surface area contributed by atoms with Gasteiger partial charge >= 0.3 is 0 Å². The lowest BCUT2D eigenvalue weighted by atomic mass is 9.96. The molecule has 2 heterocycles. The molecule has 2 aliphatic heterocycles. The first kappa shape index (κ1) is 10.4. The van der Waals surface area contributed by atoms with Crippen molar-refractivity contribution < 1.29 is 4.74 Å². The molecular formula is C11H22N2O. The van der Waals surface area contributed by atoms with Gasteiger partial charge in [-0.3, -0.25) is 0 Å². The molecule has 0 aromatic carbocycles. The first-order valence-electron chi connectivity index (χ1n) is 5.81. The van der Waals surface area contributed by atoms with Crippen LogP contribution in [0, 0.1) is 11.8 Å². The van der Waals surface area contributed by atoms with Gasteiger partial charge in [0.05, 0.1) is 6.61 Å². The highest BCUT2D eigenvalue weighted by Gasteiger charge is 2.27. The highest BCUT2D eigenvalue weighted by molar-refractivity contribution is 4.82. The van der Waals surface area contributed by atoms with Gasteiger partial charge in [0.1, 0.15) is 0 Å². The van der Waals surface area contributed by atoms with Crippen LogP contribution < -0.4 is 5.73 Å². The summed E-state index contributed by atoms with van der Waals surface area (Å²) in [5.41, 5.74) is 6.09. The number of hydrogen-bond donors (Lipinski definition) is 1. The molecule has 0 aromatic rings. The molecule has 3 unspecified atom stereocenters. The van der Waals surface area contributed by atoms with Crippen molar-refractivity contribution in [3.8, 4) is 0 Å². The van der Waals surface area contributed by atoms with E-state index in [0.717, 1.165) is 32.1 Å². The van der Waals surface area contributed by atoms with Crippen LogP contribution in [0.4, 0.5) is 0 Å². The Morgan fingerprint density at radius 2 is 2.29 bits per heavy atom. The van der Waals surface area contributed by atoms with Crippen LogP contribution in [0.2, 0.25) is 0 Å². The fourth-order valence-electron chi connectivity index (χ4n) is 2.53. The summed E-state index contributed by atoms with van der Waals surface area (Å²) in [6.07, 6.45) is 2.39. The van der Waals surface area contributed by atoms with Gasteiger partial charge in [0, 0.05) is 31.7 Å². The van der Waals surface area contributed by atoms with Crippen molar-refractivity contribution in [2.75, 3.05) is 32.8 Å². The molecule has 0 bridgehead atoms. The number of hydrogen-bond acceptors (Lipinski definition) is 3. The van der Waals surface area contributed by atoms with E-state index >= 15 is 0 Å². The van der Waals surface area contributed by atoms with Crippen molar-refractivity contribution in [3.05, 3.63) is 0 Å². The Morgan fingerprint density at radius 3 is 2.93 bits per heavy atom. The van der Waals surface area contributed by atoms with E-state index in [1.807, 2.05) is 0 Å². The van der Waals surface area contributed by atoms with Crippen molar-refractivity contribution in [1.29, 1.82) is 0 Å². The zero-order valence-electron chi connectivity index (χ0n) is 9.11. The second-order valence-electron chi connectivity index (χ2n) is 4.94. The highest BCUT2D eigenvalue weighted by atomic mass is 16.5. The fraction of sp³-hybridized carbons (Fsp3) is 1.00. The quantitative estimate of drug-likeness (QED) is 0.709. The molecule has 0 amide bonds. The molecule has 3 heteroatoms. The number of nitrogens with two attached hydrogens (primary N) is 1. The minimum absolute atomic E-state index is 0.361. The number of rotatable bonds is 2. The van der Waals surface area contributed by atoms with Gasteiger partial charge < -0.3 is 15.4 Å². The van der Waals surface area contributed by atoms with E-state index < -0.39 is 0 Å². The van der Waals surface area contributed by atoms with Crippen LogP contribution in [-0.4, -0.2) is 43.8 Å². The van der Waals surface area contributed by atoms with Crippen molar-refractivity contribution in [2.24, 2.45) is 17.6 Å². The van der Waals surface area contributed by atoms with Crippen molar-refractivity contribution in [3.63, 3.8) is 0 Å². The minimum Gasteiger partial charge on any atom is -0.381 e. The van der Waals surface area contributed by atoms with Gasteiger partial charge in [-0.2, -0.15) is 0 Å². The van der Waals surface area contributed by atoms with Gasteiger partial charge in [0.25, 0.3) is 0 Å². The number of likely N-dealkylation sites (tertiary alicyclic amines) is 1. The molecule has 0 saturated carbocycles. The summed E-state index contributed by atoms with van der Waals surface area (Å²) in [7, 11) is 0. The molecule has 3 nitrogen and oxygen atoms in total. The van der Waals surface area contributed by atoms with Crippen molar-refractivity contribution in [2.45, 2.75) is 25.8 Å². The Morgan fingerprint density at radius 1 is 1.43 bits per heavy atom. The minimum atomic E-state index is 0.361. The predicted molar refractivity (Wildman–Crippen MR) is 57.1 cm³/mol. The summed E-state index contributed by atoms with van der Waals surface area (Å²) in [6, 6.07) is 0.361. The van der Waals surface area contributed by atoms with Crippen LogP contribution in [-0.2, 0) is 4.74 Å². The normalized spacial score (nSPS) is 40.3. The van der Waals surface area contributed by atoms with Crippen LogP contribution in [0.3, 0.4) is 0 Å². The fourth-order valence-corrected chi connectivity index (χ4v) is 2.53. The standard InChI is InChI=1S/C11H22N2O/c1-9-2-4-13(6-9)7-10-8-14-5-3-11(10)12/h9-11H,2-8,12H2,1H3. The second-order valence-corrected chi connectivity index (χ2v) is 4.94. The first-order valence-corrected chi connectivity index (χ1v) is 5.81. The van der Waals surface area contributed by atoms with Crippen LogP contribution in [0.5, 0.6) is 0 Å². The van der Waals surface area contributed by atoms with E-state index in [4.69, 9.17) is 10.5 Å². The molecule has 2 N–H and O–H groups in total. The van der Waals surface area contributed by atoms with Crippen LogP contribution in [0.1, 0.15) is 19.8 Å². The molecular weight excluding hydrogens is 176 g/mol. The summed E-state index contributed by atoms with van der Waals surface area (Å²) < 4.78 is 5.48. The molecule has 0 radical (unpaired) electrons. The molecule has 0 aromatic heterocycles. The van der Waals surface area contributed by atoms with Crippen molar-refractivity contribution >= 4 is 0 Å². The third kappa shape index (κ3) is 2.47. The van der Waals surface area contributed by atoms with E-state index in [9.17, 15) is 0 Å². The van der Waals surface area contributed by atoms with Gasteiger partial charge in [0.15, 0.2) is 0 Å². The Bertz CT molecular complexity index is 186. The van der Waals surface area contributed by atoms with Crippen LogP contribution >= 0.6 is 0 Å². The first-order chi connectivity index (χ1) is 6.75. The van der Waals surface area contributed by atoms with E-state index in [1.54, 1.807) is 0 Å². The monoisotopic (exact) mass is 198 g/mol. The smallest absolute Gasteiger partial charge is 0.0521 e. The summed E-state index contributed by atoms with van der Waals surface area (Å²) in [4.78, 5) is 2.55. The lowest BCUT2D eigenvalue weighted by Crippen LogP contribution is -2.44. The second kappa shape index (κ2) is 4.60. The van der Waals surface area contributed by atoms with Crippen LogP contribution in [0.25, 0.3) is 0 Å². The topological polar surface area (TPSA) is 38.5 Å². The molecule has 0 aliphatic carbocycles. The van der Waals surface area contributed by atoms with E-state index in [0.29, 0.717) is 12.0 Å². The van der Waals surface area contributed by atoms with Crippen LogP contribution in [0.15, 0.2) is 0 Å². The molecule has 2 aliphatic rings. The zero-order valence-corrected chi connectivity index (χ0v) is 9.11. The largest absolute Gasteiger partial charge is 0.381 e. The molecule has 3 atom stereocenters. The average Bonchev–Trinajstić information content (AvgIpc) is 2.56. The molecule has 2 saturated heterocycles. The zero-order chi connectivity index (χ0) is 9.97. The molecule has 82 valence electrons. The predicted octanol–water partition coefficient (Wildman–Crippen LogP) is 0.692. The maximum Gasteiger partial charge on any atom is 0.0521 e. The van der Waals surface area contributed by atoms with Crippen molar-refractivity contribution in [1.82, 2.24) is 4.90 Å². The van der Waals surface area contributed by atoms with E-state index in [1.165, 1.54) is 19.5 Å². The maximum atomic E-state index is 6.09. The third-order valence-electron chi connectivity index (χ3n) is 3.53. The van der Waals surface area contributed by atoms with E-state index in [-0.39, 0.29) is 0 Å². The molecule has 2 rings (SSSR count). The van der Waals surface area contributed by atoms with Gasteiger partial charge in [0.2, 0.25) is 0 Å². The summed E-state index contributed by atoms with van der Waals surface area (Å²) >= 11 is 0. The lowest BCUT2D eigenvalue weighted by Gasteiger charge is -2.31. The summed E-state index contributed by atoms with van der Waals surface area (Å²) in [5, 5.41) is 0. The Kier molecular flexibility index (Phi) is 3.42. The third-order valence-corrected chi connectivity index (χ3v) is 3.53. The lowest BCUT2D eigenvalue weighted by molar-refractivity contribution is 0.0288. The SMILES string of the molecule is CC1CCN(CC2COCCC2N)C1. The summed E-state index contributed by atoms with van der Waals surface area (Å²) in [6.45, 7) is 7.70. The molecule has 14 heavy (non-hydrogen) atoms. The Hall–Kier alpha value is -0.120. The highest BCUT2D eigenvalue weighted by Crippen LogP contribution is 2.20. The Balaban J connectivity index is 1.78. The van der Waals surface area contributed by atoms with E-state index in [2.05, 4.69) is 11.8 Å². The Labute approximate surface area is 86.6 Å². The van der Waals surface area contributed by atoms with Gasteiger partial charge in [-0.05, 0) is 25.3 Å².